The SMILES string of the molecule is CCCCCN1C(=O)C(c2ccc(F)cc2)=C(N2CCCCC2)C1=O. The van der Waals surface area contributed by atoms with Crippen molar-refractivity contribution in [3.05, 3.63) is 41.3 Å². The standard InChI is InChI=1S/C20H25FN2O2/c1-2-3-5-14-23-19(24)17(15-8-10-16(21)11-9-15)18(20(23)25)22-12-6-4-7-13-22/h8-11H,2-7,12-14H2,1H3. The maximum absolute atomic E-state index is 13.3. The van der Waals surface area contributed by atoms with Crippen molar-refractivity contribution in [2.24, 2.45) is 0 Å². The van der Waals surface area contributed by atoms with Crippen LogP contribution in [-0.4, -0.2) is 41.2 Å². The Bertz CT molecular complexity index is 675. The fourth-order valence-corrected chi connectivity index (χ4v) is 3.57. The average molecular weight is 344 g/mol. The second-order valence-corrected chi connectivity index (χ2v) is 6.75. The highest BCUT2D eigenvalue weighted by Gasteiger charge is 2.41. The van der Waals surface area contributed by atoms with Crippen LogP contribution in [0.1, 0.15) is 51.0 Å². The molecule has 0 radical (unpaired) electrons. The van der Waals surface area contributed by atoms with Crippen LogP contribution in [0.25, 0.3) is 5.57 Å². The Labute approximate surface area is 148 Å². The average Bonchev–Trinajstić information content (AvgIpc) is 2.88. The maximum atomic E-state index is 13.3. The summed E-state index contributed by atoms with van der Waals surface area (Å²) in [6.07, 6.45) is 6.04. The molecule has 2 heterocycles. The summed E-state index contributed by atoms with van der Waals surface area (Å²) in [5.41, 5.74) is 1.56. The van der Waals surface area contributed by atoms with Gasteiger partial charge in [0, 0.05) is 19.6 Å². The molecule has 4 nitrogen and oxygen atoms in total. The van der Waals surface area contributed by atoms with Gasteiger partial charge in [-0.3, -0.25) is 14.5 Å². The monoisotopic (exact) mass is 344 g/mol. The Kier molecular flexibility index (Phi) is 5.51. The largest absolute Gasteiger partial charge is 0.366 e. The Morgan fingerprint density at radius 1 is 0.960 bits per heavy atom. The van der Waals surface area contributed by atoms with E-state index in [1.807, 2.05) is 4.90 Å². The van der Waals surface area contributed by atoms with Crippen LogP contribution in [0.5, 0.6) is 0 Å². The zero-order valence-electron chi connectivity index (χ0n) is 14.8. The molecule has 0 saturated carbocycles. The predicted octanol–water partition coefficient (Wildman–Crippen LogP) is 3.58. The fourth-order valence-electron chi connectivity index (χ4n) is 3.57. The minimum atomic E-state index is -0.347. The van der Waals surface area contributed by atoms with Gasteiger partial charge in [-0.15, -0.1) is 0 Å². The number of nitrogens with zero attached hydrogens (tertiary/aromatic N) is 2. The molecule has 2 aliphatic rings. The number of amides is 2. The van der Waals surface area contributed by atoms with Crippen LogP contribution in [0, 0.1) is 5.82 Å². The van der Waals surface area contributed by atoms with E-state index in [1.54, 1.807) is 12.1 Å². The smallest absolute Gasteiger partial charge is 0.277 e. The molecule has 0 unspecified atom stereocenters. The lowest BCUT2D eigenvalue weighted by Crippen LogP contribution is -2.37. The number of carbonyl (C=O) groups is 2. The minimum absolute atomic E-state index is 0.192. The molecule has 2 amide bonds. The lowest BCUT2D eigenvalue weighted by molar-refractivity contribution is -0.137. The number of hydrogen-bond acceptors (Lipinski definition) is 3. The normalized spacial score (nSPS) is 18.5. The molecule has 25 heavy (non-hydrogen) atoms. The molecule has 2 aliphatic heterocycles. The van der Waals surface area contributed by atoms with Crippen molar-refractivity contribution in [3.8, 4) is 0 Å². The first-order valence-electron chi connectivity index (χ1n) is 9.25. The molecule has 3 rings (SSSR count). The summed E-state index contributed by atoms with van der Waals surface area (Å²) >= 11 is 0. The van der Waals surface area contributed by atoms with Crippen molar-refractivity contribution in [2.75, 3.05) is 19.6 Å². The van der Waals surface area contributed by atoms with Crippen LogP contribution < -0.4 is 0 Å². The topological polar surface area (TPSA) is 40.6 Å². The number of benzene rings is 1. The molecule has 0 atom stereocenters. The highest BCUT2D eigenvalue weighted by Crippen LogP contribution is 2.33. The quantitative estimate of drug-likeness (QED) is 0.585. The third-order valence-electron chi connectivity index (χ3n) is 4.93. The van der Waals surface area contributed by atoms with Crippen molar-refractivity contribution in [3.63, 3.8) is 0 Å². The second-order valence-electron chi connectivity index (χ2n) is 6.75. The van der Waals surface area contributed by atoms with Crippen LogP contribution in [0.2, 0.25) is 0 Å². The molecule has 0 N–H and O–H groups in total. The molecule has 1 aromatic carbocycles. The van der Waals surface area contributed by atoms with E-state index in [0.29, 0.717) is 23.4 Å². The van der Waals surface area contributed by atoms with Gasteiger partial charge in [0.1, 0.15) is 11.5 Å². The second kappa shape index (κ2) is 7.81. The number of piperidine rings is 1. The van der Waals surface area contributed by atoms with Gasteiger partial charge in [-0.05, 0) is 43.4 Å². The van der Waals surface area contributed by atoms with E-state index >= 15 is 0 Å². The first-order valence-corrected chi connectivity index (χ1v) is 9.25. The molecule has 1 fully saturated rings. The van der Waals surface area contributed by atoms with Crippen molar-refractivity contribution >= 4 is 17.4 Å². The summed E-state index contributed by atoms with van der Waals surface area (Å²) < 4.78 is 13.3. The number of halogens is 1. The van der Waals surface area contributed by atoms with Crippen LogP contribution in [0.4, 0.5) is 4.39 Å². The first kappa shape index (κ1) is 17.6. The van der Waals surface area contributed by atoms with E-state index in [2.05, 4.69) is 6.92 Å². The van der Waals surface area contributed by atoms with Gasteiger partial charge in [-0.2, -0.15) is 0 Å². The van der Waals surface area contributed by atoms with Crippen LogP contribution >= 0.6 is 0 Å². The number of rotatable bonds is 6. The van der Waals surface area contributed by atoms with Crippen LogP contribution in [-0.2, 0) is 9.59 Å². The van der Waals surface area contributed by atoms with Gasteiger partial charge in [0.25, 0.3) is 11.8 Å². The number of unbranched alkanes of at least 4 members (excludes halogenated alkanes) is 2. The lowest BCUT2D eigenvalue weighted by Gasteiger charge is -2.29. The number of carbonyl (C=O) groups excluding carboxylic acids is 2. The molecule has 0 aromatic heterocycles. The third kappa shape index (κ3) is 3.60. The number of likely N-dealkylation sites (tertiary alicyclic amines) is 1. The van der Waals surface area contributed by atoms with Crippen LogP contribution in [0.15, 0.2) is 30.0 Å². The molecule has 0 aliphatic carbocycles. The Morgan fingerprint density at radius 2 is 1.64 bits per heavy atom. The van der Waals surface area contributed by atoms with Gasteiger partial charge in [-0.1, -0.05) is 31.9 Å². The summed E-state index contributed by atoms with van der Waals surface area (Å²) in [5, 5.41) is 0. The molecule has 1 aromatic rings. The number of hydrogen-bond donors (Lipinski definition) is 0. The summed E-state index contributed by atoms with van der Waals surface area (Å²) in [5.74, 6) is -0.781. The Morgan fingerprint density at radius 3 is 2.28 bits per heavy atom. The molecular weight excluding hydrogens is 319 g/mol. The lowest BCUT2D eigenvalue weighted by atomic mass is 10.0. The minimum Gasteiger partial charge on any atom is -0.366 e. The zero-order chi connectivity index (χ0) is 17.8. The summed E-state index contributed by atoms with van der Waals surface area (Å²) in [6, 6.07) is 5.87. The summed E-state index contributed by atoms with van der Waals surface area (Å²) in [6.45, 7) is 4.13. The fraction of sp³-hybridized carbons (Fsp3) is 0.500. The van der Waals surface area contributed by atoms with Gasteiger partial charge < -0.3 is 4.90 Å². The van der Waals surface area contributed by atoms with Gasteiger partial charge in [0.05, 0.1) is 5.57 Å². The van der Waals surface area contributed by atoms with E-state index in [1.165, 1.54) is 17.0 Å². The van der Waals surface area contributed by atoms with Crippen LogP contribution in [0.3, 0.4) is 0 Å². The third-order valence-corrected chi connectivity index (χ3v) is 4.93. The van der Waals surface area contributed by atoms with Crippen molar-refractivity contribution in [2.45, 2.75) is 45.4 Å². The van der Waals surface area contributed by atoms with Gasteiger partial charge >= 0.3 is 0 Å². The van der Waals surface area contributed by atoms with E-state index in [4.69, 9.17) is 0 Å². The zero-order valence-corrected chi connectivity index (χ0v) is 14.8. The highest BCUT2D eigenvalue weighted by molar-refractivity contribution is 6.35. The molecule has 0 bridgehead atoms. The van der Waals surface area contributed by atoms with Crippen molar-refractivity contribution in [1.29, 1.82) is 0 Å². The molecular formula is C20H25FN2O2. The summed E-state index contributed by atoms with van der Waals surface area (Å²) in [4.78, 5) is 29.4. The van der Waals surface area contributed by atoms with Gasteiger partial charge in [0.15, 0.2) is 0 Å². The predicted molar refractivity (Wildman–Crippen MR) is 95.0 cm³/mol. The van der Waals surface area contributed by atoms with E-state index < -0.39 is 0 Å². The highest BCUT2D eigenvalue weighted by atomic mass is 19.1. The van der Waals surface area contributed by atoms with E-state index in [0.717, 1.165) is 51.6 Å². The summed E-state index contributed by atoms with van der Waals surface area (Å²) in [7, 11) is 0. The Balaban J connectivity index is 1.96. The van der Waals surface area contributed by atoms with E-state index in [-0.39, 0.29) is 17.6 Å². The Hall–Kier alpha value is -2.17. The van der Waals surface area contributed by atoms with Gasteiger partial charge in [0.2, 0.25) is 0 Å². The van der Waals surface area contributed by atoms with Crippen molar-refractivity contribution < 1.29 is 14.0 Å². The molecule has 5 heteroatoms. The first-order chi connectivity index (χ1) is 12.1. The number of imide groups is 1. The van der Waals surface area contributed by atoms with Gasteiger partial charge in [-0.25, -0.2) is 4.39 Å². The van der Waals surface area contributed by atoms with Crippen molar-refractivity contribution in [1.82, 2.24) is 9.80 Å². The van der Waals surface area contributed by atoms with E-state index in [9.17, 15) is 14.0 Å². The molecule has 0 spiro atoms. The molecule has 1 saturated heterocycles. The maximum Gasteiger partial charge on any atom is 0.277 e. The molecule has 134 valence electrons.